The summed E-state index contributed by atoms with van der Waals surface area (Å²) in [5.74, 6) is 1.52. The van der Waals surface area contributed by atoms with Crippen LogP contribution in [0.5, 0.6) is 11.5 Å². The highest BCUT2D eigenvalue weighted by molar-refractivity contribution is 6.32. The first-order chi connectivity index (χ1) is 9.04. The van der Waals surface area contributed by atoms with E-state index in [1.807, 2.05) is 25.1 Å². The summed E-state index contributed by atoms with van der Waals surface area (Å²) in [5, 5.41) is 0.586. The van der Waals surface area contributed by atoms with Crippen molar-refractivity contribution in [2.75, 3.05) is 0 Å². The molecule has 0 radical (unpaired) electrons. The summed E-state index contributed by atoms with van der Waals surface area (Å²) >= 11 is 6.22. The Bertz CT molecular complexity index is 608. The molecular formula is C16H18ClNO. The van der Waals surface area contributed by atoms with Crippen molar-refractivity contribution in [3.63, 3.8) is 0 Å². The molecule has 0 saturated carbocycles. The number of para-hydroxylation sites is 1. The minimum Gasteiger partial charge on any atom is -0.455 e. The molecule has 0 aliphatic heterocycles. The van der Waals surface area contributed by atoms with Crippen molar-refractivity contribution in [2.45, 2.75) is 27.3 Å². The van der Waals surface area contributed by atoms with E-state index < -0.39 is 0 Å². The van der Waals surface area contributed by atoms with E-state index in [2.05, 4.69) is 26.0 Å². The van der Waals surface area contributed by atoms with Crippen LogP contribution in [0, 0.1) is 20.8 Å². The van der Waals surface area contributed by atoms with E-state index in [0.717, 1.165) is 22.4 Å². The lowest BCUT2D eigenvalue weighted by Crippen LogP contribution is -2.01. The molecule has 2 nitrogen and oxygen atoms in total. The van der Waals surface area contributed by atoms with Gasteiger partial charge in [0.25, 0.3) is 0 Å². The maximum Gasteiger partial charge on any atom is 0.150 e. The predicted molar refractivity (Wildman–Crippen MR) is 80.1 cm³/mol. The highest BCUT2D eigenvalue weighted by Gasteiger charge is 2.12. The van der Waals surface area contributed by atoms with Gasteiger partial charge < -0.3 is 10.5 Å². The fourth-order valence-corrected chi connectivity index (χ4v) is 2.25. The maximum atomic E-state index is 6.22. The number of hydrogen-bond donors (Lipinski definition) is 1. The second-order valence-electron chi connectivity index (χ2n) is 4.69. The minimum atomic E-state index is 0.403. The number of ether oxygens (including phenoxy) is 1. The number of hydrogen-bond acceptors (Lipinski definition) is 2. The molecule has 2 aromatic rings. The van der Waals surface area contributed by atoms with Gasteiger partial charge in [0.1, 0.15) is 5.75 Å². The van der Waals surface area contributed by atoms with Crippen molar-refractivity contribution < 1.29 is 4.74 Å². The van der Waals surface area contributed by atoms with Gasteiger partial charge in [-0.05, 0) is 43.5 Å². The van der Waals surface area contributed by atoms with Crippen LogP contribution in [0.25, 0.3) is 0 Å². The number of rotatable bonds is 3. The highest BCUT2D eigenvalue weighted by Crippen LogP contribution is 2.36. The highest BCUT2D eigenvalue weighted by atomic mass is 35.5. The van der Waals surface area contributed by atoms with Crippen molar-refractivity contribution >= 4 is 11.6 Å². The van der Waals surface area contributed by atoms with E-state index in [4.69, 9.17) is 22.1 Å². The van der Waals surface area contributed by atoms with Crippen LogP contribution in [0.4, 0.5) is 0 Å². The molecule has 0 aliphatic carbocycles. The topological polar surface area (TPSA) is 35.2 Å². The Morgan fingerprint density at radius 3 is 2.37 bits per heavy atom. The van der Waals surface area contributed by atoms with Crippen LogP contribution in [0.3, 0.4) is 0 Å². The van der Waals surface area contributed by atoms with Crippen molar-refractivity contribution in [3.05, 3.63) is 57.6 Å². The SMILES string of the molecule is Cc1ccc(C)c(Oc2c(Cl)cccc2CN)c1C. The normalized spacial score (nSPS) is 10.6. The second-order valence-corrected chi connectivity index (χ2v) is 5.09. The third-order valence-corrected chi connectivity index (χ3v) is 3.64. The van der Waals surface area contributed by atoms with Crippen LogP contribution in [0.2, 0.25) is 5.02 Å². The minimum absolute atomic E-state index is 0.403. The van der Waals surface area contributed by atoms with Gasteiger partial charge in [-0.2, -0.15) is 0 Å². The third kappa shape index (κ3) is 2.75. The molecule has 0 heterocycles. The van der Waals surface area contributed by atoms with E-state index in [1.54, 1.807) is 0 Å². The van der Waals surface area contributed by atoms with Crippen LogP contribution < -0.4 is 10.5 Å². The maximum absolute atomic E-state index is 6.22. The molecule has 3 heteroatoms. The lowest BCUT2D eigenvalue weighted by Gasteiger charge is -2.16. The zero-order valence-electron chi connectivity index (χ0n) is 11.5. The van der Waals surface area contributed by atoms with Gasteiger partial charge in [0, 0.05) is 12.1 Å². The van der Waals surface area contributed by atoms with Gasteiger partial charge in [0.05, 0.1) is 5.02 Å². The number of nitrogens with two attached hydrogens (primary N) is 1. The molecule has 0 amide bonds. The van der Waals surface area contributed by atoms with Gasteiger partial charge in [-0.25, -0.2) is 0 Å². The molecule has 0 bridgehead atoms. The molecule has 0 spiro atoms. The van der Waals surface area contributed by atoms with Crippen LogP contribution in [-0.2, 0) is 6.54 Å². The average Bonchev–Trinajstić information content (AvgIpc) is 2.40. The quantitative estimate of drug-likeness (QED) is 0.894. The fourth-order valence-electron chi connectivity index (χ4n) is 2.01. The Labute approximate surface area is 119 Å². The first-order valence-corrected chi connectivity index (χ1v) is 6.64. The Morgan fingerprint density at radius 1 is 1.00 bits per heavy atom. The smallest absolute Gasteiger partial charge is 0.150 e. The standard InChI is InChI=1S/C16H18ClNO/c1-10-7-8-11(2)15(12(10)3)19-16-13(9-18)5-4-6-14(16)17/h4-8H,9,18H2,1-3H3. The Balaban J connectivity index is 2.50. The largest absolute Gasteiger partial charge is 0.455 e. The van der Waals surface area contributed by atoms with Crippen molar-refractivity contribution in [1.82, 2.24) is 0 Å². The summed E-state index contributed by atoms with van der Waals surface area (Å²) in [4.78, 5) is 0. The molecule has 0 fully saturated rings. The Hall–Kier alpha value is -1.51. The molecule has 100 valence electrons. The van der Waals surface area contributed by atoms with E-state index in [9.17, 15) is 0 Å². The van der Waals surface area contributed by atoms with Crippen LogP contribution in [-0.4, -0.2) is 0 Å². The predicted octanol–water partition coefficient (Wildman–Crippen LogP) is 4.52. The molecular weight excluding hydrogens is 258 g/mol. The van der Waals surface area contributed by atoms with Crippen LogP contribution in [0.15, 0.2) is 30.3 Å². The van der Waals surface area contributed by atoms with Gasteiger partial charge in [-0.1, -0.05) is 35.9 Å². The van der Waals surface area contributed by atoms with Gasteiger partial charge in [0.2, 0.25) is 0 Å². The van der Waals surface area contributed by atoms with Gasteiger partial charge >= 0.3 is 0 Å². The zero-order chi connectivity index (χ0) is 14.0. The summed E-state index contributed by atoms with van der Waals surface area (Å²) in [7, 11) is 0. The first-order valence-electron chi connectivity index (χ1n) is 6.26. The summed E-state index contributed by atoms with van der Waals surface area (Å²) < 4.78 is 6.06. The molecule has 2 rings (SSSR count). The van der Waals surface area contributed by atoms with Crippen molar-refractivity contribution in [1.29, 1.82) is 0 Å². The zero-order valence-corrected chi connectivity index (χ0v) is 12.2. The number of benzene rings is 2. The van der Waals surface area contributed by atoms with Crippen LogP contribution >= 0.6 is 11.6 Å². The lowest BCUT2D eigenvalue weighted by atomic mass is 10.1. The molecule has 0 aliphatic rings. The van der Waals surface area contributed by atoms with Crippen molar-refractivity contribution in [2.24, 2.45) is 5.73 Å². The molecule has 0 atom stereocenters. The molecule has 0 aromatic heterocycles. The van der Waals surface area contributed by atoms with Gasteiger partial charge in [0.15, 0.2) is 5.75 Å². The van der Waals surface area contributed by atoms with Gasteiger partial charge in [-0.3, -0.25) is 0 Å². The lowest BCUT2D eigenvalue weighted by molar-refractivity contribution is 0.469. The van der Waals surface area contributed by atoms with E-state index in [0.29, 0.717) is 17.3 Å². The molecule has 0 saturated heterocycles. The Kier molecular flexibility index (Phi) is 4.13. The average molecular weight is 276 g/mol. The van der Waals surface area contributed by atoms with Crippen molar-refractivity contribution in [3.8, 4) is 11.5 Å². The summed E-state index contributed by atoms with van der Waals surface area (Å²) in [6.07, 6.45) is 0. The number of aryl methyl sites for hydroxylation is 2. The molecule has 2 aromatic carbocycles. The molecule has 0 unspecified atom stereocenters. The second kappa shape index (κ2) is 5.64. The van der Waals surface area contributed by atoms with Crippen LogP contribution in [0.1, 0.15) is 22.3 Å². The van der Waals surface area contributed by atoms with E-state index >= 15 is 0 Å². The molecule has 19 heavy (non-hydrogen) atoms. The summed E-state index contributed by atoms with van der Waals surface area (Å²) in [5.41, 5.74) is 10.1. The van der Waals surface area contributed by atoms with E-state index in [-0.39, 0.29) is 0 Å². The first kappa shape index (κ1) is 13.9. The van der Waals surface area contributed by atoms with Gasteiger partial charge in [-0.15, -0.1) is 0 Å². The summed E-state index contributed by atoms with van der Waals surface area (Å²) in [6, 6.07) is 9.77. The molecule has 2 N–H and O–H groups in total. The van der Waals surface area contributed by atoms with E-state index in [1.165, 1.54) is 5.56 Å². The number of halogens is 1. The Morgan fingerprint density at radius 2 is 1.68 bits per heavy atom. The fraction of sp³-hybridized carbons (Fsp3) is 0.250. The summed E-state index contributed by atoms with van der Waals surface area (Å²) in [6.45, 7) is 6.55. The monoisotopic (exact) mass is 275 g/mol. The third-order valence-electron chi connectivity index (χ3n) is 3.35.